The van der Waals surface area contributed by atoms with Crippen LogP contribution < -0.4 is 0 Å². The molecule has 4 rings (SSSR count). The molecular weight excluding hydrogens is 272 g/mol. The smallest absolute Gasteiger partial charge is 0.0925 e. The van der Waals surface area contributed by atoms with Crippen molar-refractivity contribution in [3.05, 3.63) is 65.7 Å². The Balaban J connectivity index is 1.39. The van der Waals surface area contributed by atoms with Crippen molar-refractivity contribution in [3.63, 3.8) is 0 Å². The summed E-state index contributed by atoms with van der Waals surface area (Å²) in [5.74, 6) is 0.589. The summed E-state index contributed by atoms with van der Waals surface area (Å²) in [6.07, 6.45) is 5.13. The number of aryl methyl sites for hydroxylation is 1. The van der Waals surface area contributed by atoms with Gasteiger partial charge >= 0.3 is 0 Å². The minimum Gasteiger partial charge on any atom is -0.376 e. The summed E-state index contributed by atoms with van der Waals surface area (Å²) < 4.78 is 6.02. The van der Waals surface area contributed by atoms with Crippen molar-refractivity contribution in [2.75, 3.05) is 6.61 Å². The molecule has 1 aromatic heterocycles. The van der Waals surface area contributed by atoms with E-state index in [1.807, 2.05) is 6.33 Å². The molecule has 0 fully saturated rings. The molecule has 1 atom stereocenters. The van der Waals surface area contributed by atoms with E-state index in [1.165, 1.54) is 34.1 Å². The second-order valence-corrected chi connectivity index (χ2v) is 6.09. The van der Waals surface area contributed by atoms with Gasteiger partial charge in [0.2, 0.25) is 0 Å². The van der Waals surface area contributed by atoms with Crippen LogP contribution in [0.15, 0.2) is 48.8 Å². The van der Waals surface area contributed by atoms with E-state index in [-0.39, 0.29) is 0 Å². The summed E-state index contributed by atoms with van der Waals surface area (Å²) in [6, 6.07) is 14.9. The topological polar surface area (TPSA) is 37.9 Å². The molecule has 1 N–H and O–H groups in total. The standard InChI is InChI=1S/C19H20N2O/c1-2-7-17-15(4-1)5-3-6-16(17)12-22-11-14-8-9-18-19(10-14)21-13-20-18/h1-7,13-14H,8-12H2,(H,20,21). The number of hydrogen-bond donors (Lipinski definition) is 1. The van der Waals surface area contributed by atoms with Crippen LogP contribution in [0, 0.1) is 5.92 Å². The van der Waals surface area contributed by atoms with E-state index in [0.29, 0.717) is 12.5 Å². The second kappa shape index (κ2) is 5.93. The molecule has 0 saturated carbocycles. The lowest BCUT2D eigenvalue weighted by molar-refractivity contribution is 0.0825. The molecule has 3 nitrogen and oxygen atoms in total. The van der Waals surface area contributed by atoms with E-state index in [1.54, 1.807) is 0 Å². The van der Waals surface area contributed by atoms with Crippen LogP contribution in [0.5, 0.6) is 0 Å². The summed E-state index contributed by atoms with van der Waals surface area (Å²) in [5, 5.41) is 2.57. The largest absolute Gasteiger partial charge is 0.376 e. The first-order valence-electron chi connectivity index (χ1n) is 7.95. The van der Waals surface area contributed by atoms with Gasteiger partial charge in [-0.05, 0) is 41.5 Å². The average Bonchev–Trinajstić information content (AvgIpc) is 3.03. The van der Waals surface area contributed by atoms with Crippen LogP contribution in [0.1, 0.15) is 23.4 Å². The fraction of sp³-hybridized carbons (Fsp3) is 0.316. The molecule has 112 valence electrons. The lowest BCUT2D eigenvalue weighted by Crippen LogP contribution is -2.19. The van der Waals surface area contributed by atoms with Gasteiger partial charge in [-0.25, -0.2) is 4.98 Å². The molecule has 0 amide bonds. The Morgan fingerprint density at radius 3 is 3.05 bits per heavy atom. The Hall–Kier alpha value is -2.13. The number of imidazole rings is 1. The second-order valence-electron chi connectivity index (χ2n) is 6.09. The molecule has 0 spiro atoms. The lowest BCUT2D eigenvalue weighted by Gasteiger charge is -2.21. The Bertz CT molecular complexity index is 772. The number of aromatic amines is 1. The van der Waals surface area contributed by atoms with Crippen molar-refractivity contribution >= 4 is 10.8 Å². The van der Waals surface area contributed by atoms with Crippen molar-refractivity contribution < 1.29 is 4.74 Å². The number of nitrogens with one attached hydrogen (secondary N) is 1. The minimum atomic E-state index is 0.589. The van der Waals surface area contributed by atoms with Gasteiger partial charge in [-0.2, -0.15) is 0 Å². The number of fused-ring (bicyclic) bond motifs is 2. The summed E-state index contributed by atoms with van der Waals surface area (Å²) in [7, 11) is 0. The number of ether oxygens (including phenoxy) is 1. The molecule has 1 aliphatic rings. The van der Waals surface area contributed by atoms with Crippen LogP contribution in [-0.4, -0.2) is 16.6 Å². The molecule has 3 aromatic rings. The third-order valence-corrected chi connectivity index (χ3v) is 4.58. The number of hydrogen-bond acceptors (Lipinski definition) is 2. The van der Waals surface area contributed by atoms with Gasteiger partial charge in [-0.15, -0.1) is 0 Å². The number of aromatic nitrogens is 2. The third-order valence-electron chi connectivity index (χ3n) is 4.58. The Morgan fingerprint density at radius 1 is 1.14 bits per heavy atom. The maximum Gasteiger partial charge on any atom is 0.0925 e. The molecule has 0 saturated heterocycles. The number of nitrogens with zero attached hydrogens (tertiary/aromatic N) is 1. The first-order chi connectivity index (χ1) is 10.9. The van der Waals surface area contributed by atoms with Crippen LogP contribution >= 0.6 is 0 Å². The molecule has 0 aliphatic heterocycles. The predicted molar refractivity (Wildman–Crippen MR) is 87.7 cm³/mol. The summed E-state index contributed by atoms with van der Waals surface area (Å²) in [6.45, 7) is 1.50. The Kier molecular flexibility index (Phi) is 3.65. The van der Waals surface area contributed by atoms with Gasteiger partial charge in [-0.1, -0.05) is 42.5 Å². The van der Waals surface area contributed by atoms with Crippen LogP contribution in [0.3, 0.4) is 0 Å². The van der Waals surface area contributed by atoms with Gasteiger partial charge in [0.05, 0.1) is 25.2 Å². The monoisotopic (exact) mass is 292 g/mol. The van der Waals surface area contributed by atoms with Crippen molar-refractivity contribution in [3.8, 4) is 0 Å². The Labute approximate surface area is 130 Å². The van der Waals surface area contributed by atoms with Crippen LogP contribution in [0.4, 0.5) is 0 Å². The van der Waals surface area contributed by atoms with Gasteiger partial charge in [0.1, 0.15) is 0 Å². The first kappa shape index (κ1) is 13.5. The van der Waals surface area contributed by atoms with Gasteiger partial charge in [0.25, 0.3) is 0 Å². The molecule has 0 bridgehead atoms. The highest BCUT2D eigenvalue weighted by Crippen LogP contribution is 2.24. The molecule has 0 radical (unpaired) electrons. The van der Waals surface area contributed by atoms with E-state index >= 15 is 0 Å². The molecule has 2 aromatic carbocycles. The minimum absolute atomic E-state index is 0.589. The normalized spacial score (nSPS) is 17.5. The summed E-state index contributed by atoms with van der Waals surface area (Å²) in [4.78, 5) is 7.63. The summed E-state index contributed by atoms with van der Waals surface area (Å²) >= 11 is 0. The third kappa shape index (κ3) is 2.64. The molecule has 1 heterocycles. The van der Waals surface area contributed by atoms with Gasteiger partial charge < -0.3 is 9.72 Å². The highest BCUT2D eigenvalue weighted by Gasteiger charge is 2.20. The number of H-pyrrole nitrogens is 1. The highest BCUT2D eigenvalue weighted by atomic mass is 16.5. The highest BCUT2D eigenvalue weighted by molar-refractivity contribution is 5.85. The van der Waals surface area contributed by atoms with Gasteiger partial charge in [-0.3, -0.25) is 0 Å². The maximum absolute atomic E-state index is 6.02. The van der Waals surface area contributed by atoms with Crippen LogP contribution in [-0.2, 0) is 24.2 Å². The molecule has 22 heavy (non-hydrogen) atoms. The van der Waals surface area contributed by atoms with E-state index in [4.69, 9.17) is 4.74 Å². The zero-order chi connectivity index (χ0) is 14.8. The van der Waals surface area contributed by atoms with Crippen molar-refractivity contribution in [2.24, 2.45) is 5.92 Å². The first-order valence-corrected chi connectivity index (χ1v) is 7.95. The van der Waals surface area contributed by atoms with Crippen molar-refractivity contribution in [2.45, 2.75) is 25.9 Å². The molecule has 1 unspecified atom stereocenters. The van der Waals surface area contributed by atoms with E-state index in [0.717, 1.165) is 19.4 Å². The average molecular weight is 292 g/mol. The zero-order valence-electron chi connectivity index (χ0n) is 12.6. The fourth-order valence-corrected chi connectivity index (χ4v) is 3.36. The van der Waals surface area contributed by atoms with Gasteiger partial charge in [0, 0.05) is 5.69 Å². The SMILES string of the molecule is c1ccc2c(COCC3CCc4[nH]cnc4C3)cccc2c1. The van der Waals surface area contributed by atoms with Crippen molar-refractivity contribution in [1.82, 2.24) is 9.97 Å². The molecule has 1 aliphatic carbocycles. The quantitative estimate of drug-likeness (QED) is 0.792. The van der Waals surface area contributed by atoms with Crippen LogP contribution in [0.2, 0.25) is 0 Å². The van der Waals surface area contributed by atoms with E-state index < -0.39 is 0 Å². The van der Waals surface area contributed by atoms with Crippen LogP contribution in [0.25, 0.3) is 10.8 Å². The van der Waals surface area contributed by atoms with Crippen molar-refractivity contribution in [1.29, 1.82) is 0 Å². The summed E-state index contributed by atoms with van der Waals surface area (Å²) in [5.41, 5.74) is 3.81. The molecular formula is C19H20N2O. The van der Waals surface area contributed by atoms with Gasteiger partial charge in [0.15, 0.2) is 0 Å². The molecule has 3 heteroatoms. The predicted octanol–water partition coefficient (Wildman–Crippen LogP) is 3.88. The fourth-order valence-electron chi connectivity index (χ4n) is 3.36. The Morgan fingerprint density at radius 2 is 2.05 bits per heavy atom. The zero-order valence-corrected chi connectivity index (χ0v) is 12.6. The number of benzene rings is 2. The number of rotatable bonds is 4. The van der Waals surface area contributed by atoms with E-state index in [9.17, 15) is 0 Å². The maximum atomic E-state index is 6.02. The van der Waals surface area contributed by atoms with E-state index in [2.05, 4.69) is 52.4 Å². The lowest BCUT2D eigenvalue weighted by atomic mass is 9.90.